The molecule has 5 rings (SSSR count). The Morgan fingerprint density at radius 3 is 2.62 bits per heavy atom. The summed E-state index contributed by atoms with van der Waals surface area (Å²) < 4.78 is 21.8. The Labute approximate surface area is 240 Å². The van der Waals surface area contributed by atoms with Gasteiger partial charge in [0.25, 0.3) is 17.1 Å². The van der Waals surface area contributed by atoms with Gasteiger partial charge >= 0.3 is 0 Å². The third-order valence-corrected chi connectivity index (χ3v) is 7.51. The molecule has 0 bridgehead atoms. The van der Waals surface area contributed by atoms with E-state index in [9.17, 15) is 14.4 Å². The molecule has 2 heterocycles. The molecule has 0 unspecified atom stereocenters. The summed E-state index contributed by atoms with van der Waals surface area (Å²) >= 11 is 7.17. The first-order valence-electron chi connectivity index (χ1n) is 12.2. The van der Waals surface area contributed by atoms with E-state index in [4.69, 9.17) is 30.5 Å². The molecule has 206 valence electrons. The number of nitrogens with one attached hydrogen (secondary N) is 1. The second-order valence-corrected chi connectivity index (χ2v) is 10.5. The van der Waals surface area contributed by atoms with E-state index >= 15 is 0 Å². The molecule has 0 aliphatic carbocycles. The van der Waals surface area contributed by atoms with Crippen LogP contribution in [0, 0.1) is 13.8 Å². The monoisotopic (exact) mass is 580 g/mol. The minimum atomic E-state index is -0.439. The van der Waals surface area contributed by atoms with Gasteiger partial charge in [0.2, 0.25) is 6.79 Å². The molecular weight excluding hydrogens is 556 g/mol. The highest BCUT2D eigenvalue weighted by molar-refractivity contribution is 8.18. The number of aryl methyl sites for hydroxylation is 2. The first kappa shape index (κ1) is 27.4. The number of carbonyl (C=O) groups is 3. The van der Waals surface area contributed by atoms with Crippen LogP contribution in [0.25, 0.3) is 6.08 Å². The third-order valence-electron chi connectivity index (χ3n) is 6.26. The molecule has 3 aromatic carbocycles. The Balaban J connectivity index is 1.25. The van der Waals surface area contributed by atoms with Gasteiger partial charge in [-0.1, -0.05) is 29.8 Å². The average Bonchev–Trinajstić information content (AvgIpc) is 3.48. The van der Waals surface area contributed by atoms with E-state index in [1.165, 1.54) is 7.11 Å². The van der Waals surface area contributed by atoms with E-state index in [1.807, 2.05) is 32.0 Å². The van der Waals surface area contributed by atoms with Crippen molar-refractivity contribution in [3.63, 3.8) is 0 Å². The Bertz CT molecular complexity index is 1560. The second-order valence-electron chi connectivity index (χ2n) is 9.13. The Morgan fingerprint density at radius 1 is 1.07 bits per heavy atom. The SMILES string of the molecule is COc1cc(/C=C2\SC(=O)N(Cc3cc4c(cc3Cl)OCO4)C2=O)ccc1OCC(=O)Nc1cc(C)ccc1C. The number of carbonyl (C=O) groups excluding carboxylic acids is 3. The number of imide groups is 1. The van der Waals surface area contributed by atoms with E-state index in [-0.39, 0.29) is 30.8 Å². The molecule has 0 saturated carbocycles. The first-order valence-corrected chi connectivity index (χ1v) is 13.4. The van der Waals surface area contributed by atoms with Crippen molar-refractivity contribution in [1.29, 1.82) is 0 Å². The number of nitrogens with zero attached hydrogens (tertiary/aromatic N) is 1. The lowest BCUT2D eigenvalue weighted by molar-refractivity contribution is -0.123. The summed E-state index contributed by atoms with van der Waals surface area (Å²) in [5.74, 6) is 1.02. The van der Waals surface area contributed by atoms with Crippen molar-refractivity contribution in [3.8, 4) is 23.0 Å². The zero-order valence-electron chi connectivity index (χ0n) is 21.9. The standard InChI is InChI=1S/C29H25ClN2O7S/c1-16-4-5-17(2)21(8-16)31-27(33)14-37-22-7-6-18(9-23(22)36-3)10-26-28(34)32(29(35)40-26)13-19-11-24-25(12-20(19)30)39-15-38-24/h4-12H,13-15H2,1-3H3,(H,31,33)/b26-10-. The number of hydrogen-bond acceptors (Lipinski definition) is 8. The summed E-state index contributed by atoms with van der Waals surface area (Å²) in [7, 11) is 1.48. The lowest BCUT2D eigenvalue weighted by Crippen LogP contribution is -2.27. The zero-order valence-corrected chi connectivity index (χ0v) is 23.5. The zero-order chi connectivity index (χ0) is 28.4. The van der Waals surface area contributed by atoms with Crippen molar-refractivity contribution < 1.29 is 33.3 Å². The number of rotatable bonds is 8. The van der Waals surface area contributed by atoms with Gasteiger partial charge in [-0.05, 0) is 78.2 Å². The smallest absolute Gasteiger partial charge is 0.293 e. The van der Waals surface area contributed by atoms with Crippen LogP contribution < -0.4 is 24.3 Å². The molecule has 40 heavy (non-hydrogen) atoms. The quantitative estimate of drug-likeness (QED) is 0.326. The topological polar surface area (TPSA) is 103 Å². The molecule has 0 radical (unpaired) electrons. The van der Waals surface area contributed by atoms with Gasteiger partial charge in [-0.3, -0.25) is 19.3 Å². The number of thioether (sulfide) groups is 1. The van der Waals surface area contributed by atoms with Crippen molar-refractivity contribution in [2.24, 2.45) is 0 Å². The average molecular weight is 581 g/mol. The molecule has 0 atom stereocenters. The number of fused-ring (bicyclic) bond motifs is 1. The van der Waals surface area contributed by atoms with Gasteiger partial charge in [-0.2, -0.15) is 0 Å². The van der Waals surface area contributed by atoms with Gasteiger partial charge in [0.1, 0.15) is 0 Å². The van der Waals surface area contributed by atoms with Crippen molar-refractivity contribution in [3.05, 3.63) is 80.7 Å². The molecule has 11 heteroatoms. The summed E-state index contributed by atoms with van der Waals surface area (Å²) in [5.41, 5.74) is 3.90. The van der Waals surface area contributed by atoms with Crippen LogP contribution in [-0.4, -0.2) is 42.5 Å². The number of benzene rings is 3. The van der Waals surface area contributed by atoms with Crippen molar-refractivity contribution in [1.82, 2.24) is 4.90 Å². The number of amides is 3. The minimum absolute atomic E-state index is 0.00226. The second kappa shape index (κ2) is 11.5. The maximum Gasteiger partial charge on any atom is 0.293 e. The lowest BCUT2D eigenvalue weighted by Gasteiger charge is -2.14. The van der Waals surface area contributed by atoms with Crippen LogP contribution in [0.2, 0.25) is 5.02 Å². The van der Waals surface area contributed by atoms with Crippen LogP contribution in [0.15, 0.2) is 53.4 Å². The van der Waals surface area contributed by atoms with E-state index in [0.29, 0.717) is 39.1 Å². The van der Waals surface area contributed by atoms with Gasteiger partial charge in [-0.15, -0.1) is 0 Å². The van der Waals surface area contributed by atoms with E-state index in [2.05, 4.69) is 5.32 Å². The largest absolute Gasteiger partial charge is 0.493 e. The summed E-state index contributed by atoms with van der Waals surface area (Å²) in [6.45, 7) is 3.74. The van der Waals surface area contributed by atoms with Crippen LogP contribution in [0.3, 0.4) is 0 Å². The molecule has 1 N–H and O–H groups in total. The highest BCUT2D eigenvalue weighted by Crippen LogP contribution is 2.40. The molecule has 3 aromatic rings. The van der Waals surface area contributed by atoms with Crippen LogP contribution in [0.4, 0.5) is 10.5 Å². The molecule has 3 amide bonds. The normalized spacial score (nSPS) is 15.1. The predicted octanol–water partition coefficient (Wildman–Crippen LogP) is 5.95. The maximum atomic E-state index is 13.1. The van der Waals surface area contributed by atoms with Gasteiger partial charge in [0.15, 0.2) is 29.6 Å². The van der Waals surface area contributed by atoms with E-state index in [1.54, 1.807) is 36.4 Å². The van der Waals surface area contributed by atoms with Crippen LogP contribution in [0.1, 0.15) is 22.3 Å². The van der Waals surface area contributed by atoms with Crippen molar-refractivity contribution in [2.45, 2.75) is 20.4 Å². The fourth-order valence-electron chi connectivity index (χ4n) is 4.13. The number of ether oxygens (including phenoxy) is 4. The molecule has 2 aliphatic heterocycles. The lowest BCUT2D eigenvalue weighted by atomic mass is 10.1. The van der Waals surface area contributed by atoms with Gasteiger partial charge in [0.05, 0.1) is 18.6 Å². The number of hydrogen-bond donors (Lipinski definition) is 1. The Kier molecular flexibility index (Phi) is 7.90. The van der Waals surface area contributed by atoms with Crippen LogP contribution in [-0.2, 0) is 16.1 Å². The summed E-state index contributed by atoms with van der Waals surface area (Å²) in [4.78, 5) is 39.6. The Hall–Kier alpha value is -4.15. The van der Waals surface area contributed by atoms with Gasteiger partial charge < -0.3 is 24.3 Å². The predicted molar refractivity (Wildman–Crippen MR) is 152 cm³/mol. The van der Waals surface area contributed by atoms with Gasteiger partial charge in [-0.25, -0.2) is 0 Å². The number of anilines is 1. The highest BCUT2D eigenvalue weighted by atomic mass is 35.5. The number of halogens is 1. The maximum absolute atomic E-state index is 13.1. The van der Waals surface area contributed by atoms with E-state index in [0.717, 1.165) is 33.5 Å². The Morgan fingerprint density at radius 2 is 1.85 bits per heavy atom. The summed E-state index contributed by atoms with van der Waals surface area (Å²) in [5, 5.41) is 2.81. The molecule has 9 nitrogen and oxygen atoms in total. The summed E-state index contributed by atoms with van der Waals surface area (Å²) in [6.07, 6.45) is 1.60. The molecule has 1 saturated heterocycles. The third kappa shape index (κ3) is 5.88. The van der Waals surface area contributed by atoms with Crippen molar-refractivity contribution >= 4 is 52.2 Å². The number of methoxy groups -OCH3 is 1. The van der Waals surface area contributed by atoms with Crippen molar-refractivity contribution in [2.75, 3.05) is 25.8 Å². The van der Waals surface area contributed by atoms with E-state index < -0.39 is 11.1 Å². The first-order chi connectivity index (χ1) is 19.2. The molecule has 0 spiro atoms. The van der Waals surface area contributed by atoms with Gasteiger partial charge in [0, 0.05) is 16.8 Å². The fourth-order valence-corrected chi connectivity index (χ4v) is 5.18. The molecular formula is C29H25ClN2O7S. The summed E-state index contributed by atoms with van der Waals surface area (Å²) in [6, 6.07) is 14.1. The highest BCUT2D eigenvalue weighted by Gasteiger charge is 2.35. The molecule has 2 aliphatic rings. The van der Waals surface area contributed by atoms with Crippen LogP contribution >= 0.6 is 23.4 Å². The molecule has 1 fully saturated rings. The fraction of sp³-hybridized carbons (Fsp3) is 0.207. The minimum Gasteiger partial charge on any atom is -0.493 e. The van der Waals surface area contributed by atoms with Crippen LogP contribution in [0.5, 0.6) is 23.0 Å². The molecule has 0 aromatic heterocycles.